The summed E-state index contributed by atoms with van der Waals surface area (Å²) in [5, 5.41) is 0.679. The fourth-order valence-electron chi connectivity index (χ4n) is 1.34. The lowest BCUT2D eigenvalue weighted by Gasteiger charge is -2.04. The first-order chi connectivity index (χ1) is 7.31. The maximum Gasteiger partial charge on any atom is 0.115 e. The largest absolute Gasteiger partial charge is 0.326 e. The van der Waals surface area contributed by atoms with Crippen molar-refractivity contribution in [1.82, 2.24) is 9.97 Å². The molecule has 0 spiro atoms. The minimum Gasteiger partial charge on any atom is -0.326 e. The summed E-state index contributed by atoms with van der Waals surface area (Å²) in [6, 6.07) is 5.76. The molecule has 0 unspecified atom stereocenters. The van der Waals surface area contributed by atoms with E-state index in [-0.39, 0.29) is 0 Å². The highest BCUT2D eigenvalue weighted by Crippen LogP contribution is 2.24. The molecule has 0 aliphatic rings. The summed E-state index contributed by atoms with van der Waals surface area (Å²) in [7, 11) is 0. The lowest BCUT2D eigenvalue weighted by molar-refractivity contribution is 1.07. The molecule has 0 bridgehead atoms. The first-order valence-electron chi connectivity index (χ1n) is 4.55. The molecule has 0 fully saturated rings. The molecule has 0 aliphatic carbocycles. The Bertz CT molecular complexity index is 457. The highest BCUT2D eigenvalue weighted by molar-refractivity contribution is 6.31. The summed E-state index contributed by atoms with van der Waals surface area (Å²) < 4.78 is 0. The Balaban J connectivity index is 2.43. The van der Waals surface area contributed by atoms with Crippen molar-refractivity contribution in [2.75, 3.05) is 0 Å². The van der Waals surface area contributed by atoms with Gasteiger partial charge in [0, 0.05) is 29.5 Å². The van der Waals surface area contributed by atoms with Crippen LogP contribution in [0.15, 0.2) is 36.9 Å². The molecule has 1 aromatic carbocycles. The molecule has 2 aromatic rings. The highest BCUT2D eigenvalue weighted by Gasteiger charge is 2.02. The van der Waals surface area contributed by atoms with Crippen LogP contribution in [0, 0.1) is 0 Å². The van der Waals surface area contributed by atoms with Crippen molar-refractivity contribution in [2.24, 2.45) is 5.73 Å². The van der Waals surface area contributed by atoms with Crippen LogP contribution in [-0.2, 0) is 6.54 Å². The van der Waals surface area contributed by atoms with Gasteiger partial charge in [-0.3, -0.25) is 0 Å². The quantitative estimate of drug-likeness (QED) is 0.843. The lowest BCUT2D eigenvalue weighted by Crippen LogP contribution is -1.97. The monoisotopic (exact) mass is 219 g/mol. The van der Waals surface area contributed by atoms with Gasteiger partial charge in [0.15, 0.2) is 0 Å². The van der Waals surface area contributed by atoms with Crippen LogP contribution < -0.4 is 5.73 Å². The van der Waals surface area contributed by atoms with Crippen LogP contribution in [0.3, 0.4) is 0 Å². The number of rotatable bonds is 2. The molecule has 0 atom stereocenters. The van der Waals surface area contributed by atoms with E-state index in [1.807, 2.05) is 18.2 Å². The molecule has 2 rings (SSSR count). The SMILES string of the molecule is NCc1ccc(-c2cncnc2)cc1Cl. The van der Waals surface area contributed by atoms with Crippen LogP contribution in [-0.4, -0.2) is 9.97 Å². The van der Waals surface area contributed by atoms with Crippen molar-refractivity contribution in [3.05, 3.63) is 47.5 Å². The van der Waals surface area contributed by atoms with Crippen molar-refractivity contribution in [3.63, 3.8) is 0 Å². The van der Waals surface area contributed by atoms with Gasteiger partial charge < -0.3 is 5.73 Å². The van der Waals surface area contributed by atoms with Gasteiger partial charge in [0.2, 0.25) is 0 Å². The Hall–Kier alpha value is -1.45. The maximum absolute atomic E-state index is 6.06. The molecule has 0 saturated carbocycles. The predicted octanol–water partition coefficient (Wildman–Crippen LogP) is 2.26. The Morgan fingerprint density at radius 3 is 2.47 bits per heavy atom. The van der Waals surface area contributed by atoms with E-state index in [2.05, 4.69) is 9.97 Å². The fourth-order valence-corrected chi connectivity index (χ4v) is 1.60. The average Bonchev–Trinajstić information content (AvgIpc) is 2.30. The predicted molar refractivity (Wildman–Crippen MR) is 60.4 cm³/mol. The van der Waals surface area contributed by atoms with E-state index in [0.29, 0.717) is 11.6 Å². The molecule has 4 heteroatoms. The van der Waals surface area contributed by atoms with Gasteiger partial charge in [-0.05, 0) is 17.2 Å². The molecule has 76 valence electrons. The number of hydrogen-bond donors (Lipinski definition) is 1. The molecular weight excluding hydrogens is 210 g/mol. The molecule has 3 nitrogen and oxygen atoms in total. The van der Waals surface area contributed by atoms with E-state index in [1.165, 1.54) is 6.33 Å². The smallest absolute Gasteiger partial charge is 0.115 e. The van der Waals surface area contributed by atoms with Crippen molar-refractivity contribution in [3.8, 4) is 11.1 Å². The van der Waals surface area contributed by atoms with E-state index in [9.17, 15) is 0 Å². The summed E-state index contributed by atoms with van der Waals surface area (Å²) in [6.45, 7) is 0.449. The normalized spacial score (nSPS) is 10.3. The summed E-state index contributed by atoms with van der Waals surface area (Å²) in [5.41, 5.74) is 8.42. The Labute approximate surface area is 92.9 Å². The van der Waals surface area contributed by atoms with Crippen molar-refractivity contribution in [2.45, 2.75) is 6.54 Å². The van der Waals surface area contributed by atoms with Gasteiger partial charge in [-0.15, -0.1) is 0 Å². The molecular formula is C11H10ClN3. The Morgan fingerprint density at radius 2 is 1.87 bits per heavy atom. The topological polar surface area (TPSA) is 51.8 Å². The molecule has 2 N–H and O–H groups in total. The van der Waals surface area contributed by atoms with Gasteiger partial charge in [-0.2, -0.15) is 0 Å². The summed E-state index contributed by atoms with van der Waals surface area (Å²) in [6.07, 6.45) is 5.00. The second-order valence-corrected chi connectivity index (χ2v) is 3.54. The number of halogens is 1. The number of nitrogens with zero attached hydrogens (tertiary/aromatic N) is 2. The maximum atomic E-state index is 6.06. The zero-order valence-corrected chi connectivity index (χ0v) is 8.78. The Morgan fingerprint density at radius 1 is 1.13 bits per heavy atom. The van der Waals surface area contributed by atoms with E-state index in [1.54, 1.807) is 12.4 Å². The Kier molecular flexibility index (Phi) is 2.94. The van der Waals surface area contributed by atoms with E-state index < -0.39 is 0 Å². The minimum absolute atomic E-state index is 0.449. The van der Waals surface area contributed by atoms with Gasteiger partial charge in [0.05, 0.1) is 0 Å². The third kappa shape index (κ3) is 2.14. The van der Waals surface area contributed by atoms with Gasteiger partial charge in [-0.1, -0.05) is 23.7 Å². The molecule has 1 heterocycles. The highest BCUT2D eigenvalue weighted by atomic mass is 35.5. The first kappa shape index (κ1) is 10.1. The zero-order valence-electron chi connectivity index (χ0n) is 8.02. The van der Waals surface area contributed by atoms with Crippen LogP contribution in [0.5, 0.6) is 0 Å². The lowest BCUT2D eigenvalue weighted by atomic mass is 10.1. The van der Waals surface area contributed by atoms with Crippen molar-refractivity contribution >= 4 is 11.6 Å². The average molecular weight is 220 g/mol. The number of aromatic nitrogens is 2. The van der Waals surface area contributed by atoms with Crippen LogP contribution in [0.1, 0.15) is 5.56 Å². The van der Waals surface area contributed by atoms with Crippen molar-refractivity contribution < 1.29 is 0 Å². The van der Waals surface area contributed by atoms with E-state index in [0.717, 1.165) is 16.7 Å². The van der Waals surface area contributed by atoms with Crippen LogP contribution >= 0.6 is 11.6 Å². The number of hydrogen-bond acceptors (Lipinski definition) is 3. The summed E-state index contributed by atoms with van der Waals surface area (Å²) >= 11 is 6.06. The van der Waals surface area contributed by atoms with Gasteiger partial charge in [0.1, 0.15) is 6.33 Å². The van der Waals surface area contributed by atoms with Crippen LogP contribution in [0.2, 0.25) is 5.02 Å². The molecule has 0 amide bonds. The first-order valence-corrected chi connectivity index (χ1v) is 4.93. The second-order valence-electron chi connectivity index (χ2n) is 3.14. The van der Waals surface area contributed by atoms with E-state index in [4.69, 9.17) is 17.3 Å². The molecule has 0 aliphatic heterocycles. The third-order valence-corrected chi connectivity index (χ3v) is 2.52. The van der Waals surface area contributed by atoms with Gasteiger partial charge in [-0.25, -0.2) is 9.97 Å². The van der Waals surface area contributed by atoms with Gasteiger partial charge in [0.25, 0.3) is 0 Å². The third-order valence-electron chi connectivity index (χ3n) is 2.17. The van der Waals surface area contributed by atoms with E-state index >= 15 is 0 Å². The number of nitrogens with two attached hydrogens (primary N) is 1. The summed E-state index contributed by atoms with van der Waals surface area (Å²) in [5.74, 6) is 0. The molecule has 0 saturated heterocycles. The fraction of sp³-hybridized carbons (Fsp3) is 0.0909. The van der Waals surface area contributed by atoms with Crippen molar-refractivity contribution in [1.29, 1.82) is 0 Å². The zero-order chi connectivity index (χ0) is 10.7. The molecule has 15 heavy (non-hydrogen) atoms. The van der Waals surface area contributed by atoms with Gasteiger partial charge >= 0.3 is 0 Å². The summed E-state index contributed by atoms with van der Waals surface area (Å²) in [4.78, 5) is 7.91. The molecule has 1 aromatic heterocycles. The standard InChI is InChI=1S/C11H10ClN3/c12-11-3-8(1-2-9(11)4-13)10-5-14-7-15-6-10/h1-3,5-7H,4,13H2. The molecule has 0 radical (unpaired) electrons. The second kappa shape index (κ2) is 4.38. The van der Waals surface area contributed by atoms with Crippen LogP contribution in [0.4, 0.5) is 0 Å². The minimum atomic E-state index is 0.449. The number of benzene rings is 1. The van der Waals surface area contributed by atoms with Crippen LogP contribution in [0.25, 0.3) is 11.1 Å².